The summed E-state index contributed by atoms with van der Waals surface area (Å²) in [6, 6.07) is 0. The molecule has 0 bridgehead atoms. The lowest BCUT2D eigenvalue weighted by Crippen LogP contribution is -2.14. The number of sulfone groups is 1. The Kier molecular flexibility index (Phi) is 3.53. The Morgan fingerprint density at radius 2 is 2.00 bits per heavy atom. The fourth-order valence-electron chi connectivity index (χ4n) is 0.269. The average Bonchev–Trinajstić information content (AvgIpc) is 1.59. The molecule has 9 heavy (non-hydrogen) atoms. The van der Waals surface area contributed by atoms with Gasteiger partial charge < -0.3 is 4.55 Å². The highest BCUT2D eigenvalue weighted by Gasteiger charge is 2.05. The lowest BCUT2D eigenvalue weighted by Gasteiger charge is -2.01. The molecular weight excluding hydrogens is 160 g/mol. The van der Waals surface area contributed by atoms with Gasteiger partial charge >= 0.3 is 0 Å². The maximum absolute atomic E-state index is 10.4. The van der Waals surface area contributed by atoms with Crippen LogP contribution in [0.5, 0.6) is 0 Å². The van der Waals surface area contributed by atoms with Crippen molar-refractivity contribution >= 4 is 21.0 Å². The fraction of sp³-hybridized carbons (Fsp3) is 1.00. The van der Waals surface area contributed by atoms with Crippen LogP contribution < -0.4 is 0 Å². The van der Waals surface area contributed by atoms with Gasteiger partial charge in [0.25, 0.3) is 0 Å². The highest BCUT2D eigenvalue weighted by Crippen LogP contribution is 1.87. The minimum Gasteiger partial charge on any atom is -0.617 e. The third-order valence-electron chi connectivity index (χ3n) is 0.742. The quantitative estimate of drug-likeness (QED) is 0.532. The molecule has 0 spiro atoms. The Morgan fingerprint density at radius 3 is 2.11 bits per heavy atom. The Hall–Kier alpha value is 0.260. The van der Waals surface area contributed by atoms with E-state index in [-0.39, 0.29) is 11.5 Å². The van der Waals surface area contributed by atoms with Crippen molar-refractivity contribution in [3.8, 4) is 0 Å². The SMILES string of the molecule is C[S+]([O-])CCS(C)(=O)=O. The zero-order valence-corrected chi connectivity index (χ0v) is 7.09. The first-order chi connectivity index (χ1) is 3.92. The fourth-order valence-corrected chi connectivity index (χ4v) is 2.42. The zero-order chi connectivity index (χ0) is 7.49. The first kappa shape index (κ1) is 9.26. The van der Waals surface area contributed by atoms with Crippen molar-refractivity contribution in [2.24, 2.45) is 0 Å². The van der Waals surface area contributed by atoms with Crippen LogP contribution in [0.2, 0.25) is 0 Å². The number of hydrogen-bond donors (Lipinski definition) is 0. The normalized spacial score (nSPS) is 15.4. The van der Waals surface area contributed by atoms with E-state index in [1.807, 2.05) is 0 Å². The summed E-state index contributed by atoms with van der Waals surface area (Å²) in [6.45, 7) is 0. The van der Waals surface area contributed by atoms with Gasteiger partial charge in [-0.3, -0.25) is 0 Å². The molecule has 3 nitrogen and oxygen atoms in total. The van der Waals surface area contributed by atoms with Crippen molar-refractivity contribution in [3.63, 3.8) is 0 Å². The van der Waals surface area contributed by atoms with E-state index in [4.69, 9.17) is 0 Å². The van der Waals surface area contributed by atoms with Crippen LogP contribution in [0.15, 0.2) is 0 Å². The summed E-state index contributed by atoms with van der Waals surface area (Å²) < 4.78 is 31.1. The van der Waals surface area contributed by atoms with Crippen LogP contribution in [0, 0.1) is 0 Å². The van der Waals surface area contributed by atoms with Crippen LogP contribution in [0.25, 0.3) is 0 Å². The topological polar surface area (TPSA) is 57.2 Å². The number of rotatable bonds is 3. The summed E-state index contributed by atoms with van der Waals surface area (Å²) in [5.74, 6) is 0.273. The lowest BCUT2D eigenvalue weighted by molar-refractivity contribution is 0.593. The third kappa shape index (κ3) is 8.26. The highest BCUT2D eigenvalue weighted by molar-refractivity contribution is 7.94. The Balaban J connectivity index is 3.53. The largest absolute Gasteiger partial charge is 0.617 e. The standard InChI is InChI=1S/C4H10O3S2/c1-8(5)3-4-9(2,6)7/h3-4H2,1-2H3. The van der Waals surface area contributed by atoms with Crippen molar-refractivity contribution in [1.29, 1.82) is 0 Å². The molecule has 56 valence electrons. The maximum atomic E-state index is 10.4. The van der Waals surface area contributed by atoms with Gasteiger partial charge in [-0.15, -0.1) is 0 Å². The van der Waals surface area contributed by atoms with Crippen molar-refractivity contribution in [2.75, 3.05) is 24.0 Å². The monoisotopic (exact) mass is 170 g/mol. The van der Waals surface area contributed by atoms with Crippen molar-refractivity contribution in [1.82, 2.24) is 0 Å². The molecule has 0 aromatic carbocycles. The van der Waals surface area contributed by atoms with Gasteiger partial charge in [0.2, 0.25) is 0 Å². The summed E-state index contributed by atoms with van der Waals surface area (Å²) in [5.41, 5.74) is 0. The van der Waals surface area contributed by atoms with Gasteiger partial charge in [0.15, 0.2) is 9.84 Å². The lowest BCUT2D eigenvalue weighted by atomic mass is 11.0. The van der Waals surface area contributed by atoms with Crippen LogP contribution in [-0.4, -0.2) is 37.0 Å². The van der Waals surface area contributed by atoms with Gasteiger partial charge in [-0.25, -0.2) is 8.42 Å². The first-order valence-electron chi connectivity index (χ1n) is 2.39. The van der Waals surface area contributed by atoms with Gasteiger partial charge in [0, 0.05) is 6.26 Å². The van der Waals surface area contributed by atoms with E-state index in [1.165, 1.54) is 6.26 Å². The molecule has 1 atom stereocenters. The summed E-state index contributed by atoms with van der Waals surface area (Å²) in [4.78, 5) is 0. The summed E-state index contributed by atoms with van der Waals surface area (Å²) in [6.07, 6.45) is 2.63. The van der Waals surface area contributed by atoms with E-state index < -0.39 is 21.0 Å². The molecule has 0 saturated heterocycles. The molecule has 0 heterocycles. The van der Waals surface area contributed by atoms with Gasteiger partial charge in [-0.2, -0.15) is 0 Å². The molecule has 0 N–H and O–H groups in total. The zero-order valence-electron chi connectivity index (χ0n) is 5.46. The average molecular weight is 170 g/mol. The van der Waals surface area contributed by atoms with Crippen molar-refractivity contribution < 1.29 is 13.0 Å². The molecule has 0 aliphatic heterocycles. The summed E-state index contributed by atoms with van der Waals surface area (Å²) in [7, 11) is -2.91. The van der Waals surface area contributed by atoms with E-state index in [1.54, 1.807) is 0 Å². The molecule has 0 radical (unpaired) electrons. The van der Waals surface area contributed by atoms with Crippen molar-refractivity contribution in [2.45, 2.75) is 0 Å². The van der Waals surface area contributed by atoms with Crippen LogP contribution in [0.4, 0.5) is 0 Å². The van der Waals surface area contributed by atoms with Gasteiger partial charge in [0.05, 0.1) is 12.0 Å². The second-order valence-corrected chi connectivity index (χ2v) is 5.72. The molecule has 1 unspecified atom stereocenters. The number of hydrogen-bond acceptors (Lipinski definition) is 3. The minimum atomic E-state index is -2.91. The van der Waals surface area contributed by atoms with Crippen molar-refractivity contribution in [3.05, 3.63) is 0 Å². The van der Waals surface area contributed by atoms with E-state index in [0.29, 0.717) is 0 Å². The third-order valence-corrected chi connectivity index (χ3v) is 2.72. The molecule has 0 aliphatic rings. The van der Waals surface area contributed by atoms with Crippen LogP contribution in [-0.2, 0) is 21.0 Å². The highest BCUT2D eigenvalue weighted by atomic mass is 32.2. The first-order valence-corrected chi connectivity index (χ1v) is 6.18. The van der Waals surface area contributed by atoms with E-state index >= 15 is 0 Å². The van der Waals surface area contributed by atoms with Crippen LogP contribution in [0.1, 0.15) is 0 Å². The van der Waals surface area contributed by atoms with Crippen LogP contribution in [0.3, 0.4) is 0 Å². The van der Waals surface area contributed by atoms with Gasteiger partial charge in [0.1, 0.15) is 5.75 Å². The Labute approximate surface area is 58.6 Å². The minimum absolute atomic E-state index is 0.0239. The summed E-state index contributed by atoms with van der Waals surface area (Å²) >= 11 is -0.991. The summed E-state index contributed by atoms with van der Waals surface area (Å²) in [5, 5.41) is 0. The molecule has 0 aromatic heterocycles. The molecule has 0 aromatic rings. The predicted molar refractivity (Wildman–Crippen MR) is 38.6 cm³/mol. The van der Waals surface area contributed by atoms with E-state index in [0.717, 1.165) is 6.26 Å². The molecule has 0 fully saturated rings. The molecule has 0 rings (SSSR count). The Morgan fingerprint density at radius 1 is 1.56 bits per heavy atom. The molecule has 0 saturated carbocycles. The molecule has 0 aliphatic carbocycles. The van der Waals surface area contributed by atoms with E-state index in [2.05, 4.69) is 0 Å². The maximum Gasteiger partial charge on any atom is 0.152 e. The Bertz CT molecular complexity index is 159. The van der Waals surface area contributed by atoms with Crippen LogP contribution >= 0.6 is 0 Å². The smallest absolute Gasteiger partial charge is 0.152 e. The van der Waals surface area contributed by atoms with E-state index in [9.17, 15) is 13.0 Å². The predicted octanol–water partition coefficient (Wildman–Crippen LogP) is -0.590. The molecule has 0 amide bonds. The molecular formula is C4H10O3S2. The second kappa shape index (κ2) is 3.43. The second-order valence-electron chi connectivity index (χ2n) is 1.91. The van der Waals surface area contributed by atoms with Gasteiger partial charge in [-0.05, 0) is 0 Å². The van der Waals surface area contributed by atoms with Gasteiger partial charge in [-0.1, -0.05) is 11.2 Å². The molecule has 5 heteroatoms.